The van der Waals surface area contributed by atoms with Crippen LogP contribution in [0.1, 0.15) is 24.8 Å². The number of aryl methyl sites for hydroxylation is 1. The van der Waals surface area contributed by atoms with Gasteiger partial charge in [-0.1, -0.05) is 18.2 Å². The summed E-state index contributed by atoms with van der Waals surface area (Å²) in [4.78, 5) is 37.3. The number of fused-ring (bicyclic) bond motifs is 1. The number of ether oxygens (including phenoxy) is 1. The third kappa shape index (κ3) is 5.53. The maximum atomic E-state index is 13.1. The molecule has 1 aromatic rings. The van der Waals surface area contributed by atoms with Gasteiger partial charge in [0, 0.05) is 5.69 Å². The van der Waals surface area contributed by atoms with Crippen LogP contribution >= 0.6 is 0 Å². The highest BCUT2D eigenvalue weighted by molar-refractivity contribution is 6.02. The van der Waals surface area contributed by atoms with Gasteiger partial charge in [-0.3, -0.25) is 24.6 Å². The van der Waals surface area contributed by atoms with Crippen LogP contribution in [-0.4, -0.2) is 72.5 Å². The minimum Gasteiger partial charge on any atom is -0.480 e. The van der Waals surface area contributed by atoms with Gasteiger partial charge in [-0.2, -0.15) is 0 Å². The Morgan fingerprint density at radius 2 is 1.93 bits per heavy atom. The van der Waals surface area contributed by atoms with E-state index in [1.807, 2.05) is 12.1 Å². The lowest BCUT2D eigenvalue weighted by Gasteiger charge is -2.28. The molecule has 0 aliphatic carbocycles. The van der Waals surface area contributed by atoms with E-state index in [1.54, 1.807) is 12.1 Å². The number of anilines is 1. The quantitative estimate of drug-likeness (QED) is 0.484. The van der Waals surface area contributed by atoms with Crippen LogP contribution in [0.25, 0.3) is 0 Å². The number of carboxylic acids is 2. The number of hydrogen-bond acceptors (Lipinski definition) is 6. The van der Waals surface area contributed by atoms with Crippen LogP contribution in [0.4, 0.5) is 5.69 Å². The van der Waals surface area contributed by atoms with Gasteiger partial charge in [0.2, 0.25) is 5.91 Å². The molecule has 29 heavy (non-hydrogen) atoms. The summed E-state index contributed by atoms with van der Waals surface area (Å²) in [5, 5.41) is 25.0. The van der Waals surface area contributed by atoms with Gasteiger partial charge in [0.25, 0.3) is 0 Å². The predicted octanol–water partition coefficient (Wildman–Crippen LogP) is 0.230. The van der Waals surface area contributed by atoms with Gasteiger partial charge in [-0.25, -0.2) is 0 Å². The van der Waals surface area contributed by atoms with Crippen LogP contribution in [-0.2, 0) is 25.5 Å². The van der Waals surface area contributed by atoms with Gasteiger partial charge in [-0.15, -0.1) is 0 Å². The first kappa shape index (κ1) is 21.2. The Labute approximate surface area is 169 Å². The normalized spacial score (nSPS) is 21.3. The largest absolute Gasteiger partial charge is 0.480 e. The van der Waals surface area contributed by atoms with Crippen molar-refractivity contribution in [2.75, 3.05) is 31.1 Å². The van der Waals surface area contributed by atoms with E-state index >= 15 is 0 Å². The van der Waals surface area contributed by atoms with Crippen LogP contribution < -0.4 is 15.5 Å². The van der Waals surface area contributed by atoms with Crippen LogP contribution in [0.2, 0.25) is 0 Å². The zero-order valence-electron chi connectivity index (χ0n) is 16.2. The van der Waals surface area contributed by atoms with E-state index in [0.29, 0.717) is 18.5 Å². The molecule has 1 amide bonds. The topological polar surface area (TPSA) is 128 Å². The average molecular weight is 405 g/mol. The van der Waals surface area contributed by atoms with Crippen LogP contribution in [0, 0.1) is 0 Å². The molecule has 0 saturated carbocycles. The summed E-state index contributed by atoms with van der Waals surface area (Å²) in [7, 11) is 0. The van der Waals surface area contributed by atoms with Gasteiger partial charge in [-0.05, 0) is 50.4 Å². The van der Waals surface area contributed by atoms with Crippen LogP contribution in [0.5, 0.6) is 0 Å². The van der Waals surface area contributed by atoms with Gasteiger partial charge in [0.05, 0.1) is 18.8 Å². The number of para-hydroxylation sites is 1. The Morgan fingerprint density at radius 1 is 1.21 bits per heavy atom. The number of aliphatic carboxylic acids is 2. The molecule has 1 saturated heterocycles. The van der Waals surface area contributed by atoms with Crippen molar-refractivity contribution >= 4 is 23.5 Å². The molecule has 1 fully saturated rings. The molecule has 2 atom stereocenters. The van der Waals surface area contributed by atoms with Crippen molar-refractivity contribution in [3.63, 3.8) is 0 Å². The molecule has 1 unspecified atom stereocenters. The summed E-state index contributed by atoms with van der Waals surface area (Å²) in [6.45, 7) is 1.14. The first-order valence-corrected chi connectivity index (χ1v) is 9.88. The monoisotopic (exact) mass is 405 g/mol. The van der Waals surface area contributed by atoms with E-state index in [-0.39, 0.29) is 12.7 Å². The zero-order valence-corrected chi connectivity index (χ0v) is 16.2. The standard InChI is InChI=1S/C20H27N3O6/c24-18(25)11-23-17-4-2-1-3-13(17)5-6-15(19(23)26)22-16(20(27)28)12-29-14-7-9-21-10-8-14/h1-4,14-16,21-22H,5-12H2,(H,24,25)(H,27,28)/t15?,16-/m0/s1. The molecule has 3 rings (SSSR count). The van der Waals surface area contributed by atoms with Crippen molar-refractivity contribution in [3.8, 4) is 0 Å². The van der Waals surface area contributed by atoms with Gasteiger partial charge in [0.15, 0.2) is 0 Å². The van der Waals surface area contributed by atoms with Gasteiger partial charge < -0.3 is 20.3 Å². The fourth-order valence-electron chi connectivity index (χ4n) is 3.80. The Balaban J connectivity index is 1.71. The highest BCUT2D eigenvalue weighted by Crippen LogP contribution is 2.27. The molecule has 0 radical (unpaired) electrons. The number of piperidine rings is 1. The lowest BCUT2D eigenvalue weighted by molar-refractivity contribution is -0.143. The number of carbonyl (C=O) groups is 3. The number of nitrogens with zero attached hydrogens (tertiary/aromatic N) is 1. The number of hydrogen-bond donors (Lipinski definition) is 4. The number of benzene rings is 1. The summed E-state index contributed by atoms with van der Waals surface area (Å²) >= 11 is 0. The van der Waals surface area contributed by atoms with Crippen molar-refractivity contribution in [1.82, 2.24) is 10.6 Å². The Hall–Kier alpha value is -2.49. The maximum absolute atomic E-state index is 13.1. The molecule has 0 aromatic heterocycles. The third-order valence-corrected chi connectivity index (χ3v) is 5.33. The molecule has 2 heterocycles. The second-order valence-electron chi connectivity index (χ2n) is 7.38. The first-order chi connectivity index (χ1) is 14.0. The smallest absolute Gasteiger partial charge is 0.323 e. The molecule has 2 aliphatic rings. The number of amides is 1. The number of carbonyl (C=O) groups excluding carboxylic acids is 1. The molecule has 0 bridgehead atoms. The summed E-state index contributed by atoms with van der Waals surface area (Å²) in [6, 6.07) is 5.30. The average Bonchev–Trinajstić information content (AvgIpc) is 2.83. The lowest BCUT2D eigenvalue weighted by atomic mass is 10.1. The van der Waals surface area contributed by atoms with E-state index in [4.69, 9.17) is 4.74 Å². The van der Waals surface area contributed by atoms with E-state index in [2.05, 4.69) is 10.6 Å². The SMILES string of the molecule is O=C(O)CN1C(=O)C(N[C@@H](COC2CCNCC2)C(=O)O)CCc2ccccc21. The molecule has 1 aromatic carbocycles. The molecule has 9 heteroatoms. The fourth-order valence-corrected chi connectivity index (χ4v) is 3.80. The van der Waals surface area contributed by atoms with Gasteiger partial charge >= 0.3 is 11.9 Å². The Kier molecular flexibility index (Phi) is 7.18. The number of nitrogens with one attached hydrogen (secondary N) is 2. The fraction of sp³-hybridized carbons (Fsp3) is 0.550. The van der Waals surface area contributed by atoms with Crippen molar-refractivity contribution < 1.29 is 29.3 Å². The molecular weight excluding hydrogens is 378 g/mol. The highest BCUT2D eigenvalue weighted by Gasteiger charge is 2.34. The summed E-state index contributed by atoms with van der Waals surface area (Å²) < 4.78 is 5.77. The van der Waals surface area contributed by atoms with E-state index in [0.717, 1.165) is 31.5 Å². The van der Waals surface area contributed by atoms with Gasteiger partial charge in [0.1, 0.15) is 12.6 Å². The molecule has 158 valence electrons. The summed E-state index contributed by atoms with van der Waals surface area (Å²) in [5.41, 5.74) is 1.42. The van der Waals surface area contributed by atoms with Crippen molar-refractivity contribution in [2.45, 2.75) is 43.9 Å². The minimum absolute atomic E-state index is 0.00232. The molecule has 9 nitrogen and oxygen atoms in total. The summed E-state index contributed by atoms with van der Waals surface area (Å²) in [5.74, 6) is -2.67. The minimum atomic E-state index is -1.13. The second kappa shape index (κ2) is 9.82. The molecular formula is C20H27N3O6. The maximum Gasteiger partial charge on any atom is 0.323 e. The number of rotatable bonds is 8. The Bertz CT molecular complexity index is 749. The molecule has 4 N–H and O–H groups in total. The van der Waals surface area contributed by atoms with E-state index in [1.165, 1.54) is 4.90 Å². The third-order valence-electron chi connectivity index (χ3n) is 5.33. The van der Waals surface area contributed by atoms with E-state index < -0.39 is 36.5 Å². The van der Waals surface area contributed by atoms with Crippen molar-refractivity contribution in [2.24, 2.45) is 0 Å². The van der Waals surface area contributed by atoms with Crippen LogP contribution in [0.15, 0.2) is 24.3 Å². The molecule has 2 aliphatic heterocycles. The summed E-state index contributed by atoms with van der Waals surface area (Å²) in [6.07, 6.45) is 2.55. The van der Waals surface area contributed by atoms with Crippen molar-refractivity contribution in [3.05, 3.63) is 29.8 Å². The predicted molar refractivity (Wildman–Crippen MR) is 105 cm³/mol. The lowest BCUT2D eigenvalue weighted by Crippen LogP contribution is -2.54. The van der Waals surface area contributed by atoms with Crippen molar-refractivity contribution in [1.29, 1.82) is 0 Å². The zero-order chi connectivity index (χ0) is 20.8. The molecule has 0 spiro atoms. The first-order valence-electron chi connectivity index (χ1n) is 9.88. The van der Waals surface area contributed by atoms with E-state index in [9.17, 15) is 24.6 Å². The second-order valence-corrected chi connectivity index (χ2v) is 7.38. The highest BCUT2D eigenvalue weighted by atomic mass is 16.5. The Morgan fingerprint density at radius 3 is 2.62 bits per heavy atom. The number of carboxylic acid groups (broad SMARTS) is 2. The van der Waals surface area contributed by atoms with Crippen LogP contribution in [0.3, 0.4) is 0 Å².